The first-order valence-corrected chi connectivity index (χ1v) is 10.2. The summed E-state index contributed by atoms with van der Waals surface area (Å²) >= 11 is 0. The van der Waals surface area contributed by atoms with Gasteiger partial charge >= 0.3 is 5.97 Å². The van der Waals surface area contributed by atoms with E-state index in [-0.39, 0.29) is 30.0 Å². The van der Waals surface area contributed by atoms with Gasteiger partial charge in [-0.05, 0) is 55.0 Å². The number of amides is 1. The molecule has 2 N–H and O–H groups in total. The number of carbonyl (C=O) groups is 2. The largest absolute Gasteiger partial charge is 0.490 e. The molecule has 170 valence electrons. The molecular weight excluding hydrogens is 434 g/mol. The second kappa shape index (κ2) is 10.8. The van der Waals surface area contributed by atoms with Crippen LogP contribution in [-0.2, 0) is 16.1 Å². The van der Waals surface area contributed by atoms with E-state index in [0.29, 0.717) is 11.3 Å². The number of nitrogens with one attached hydrogen (secondary N) is 1. The van der Waals surface area contributed by atoms with E-state index in [1.54, 1.807) is 36.4 Å². The van der Waals surface area contributed by atoms with Gasteiger partial charge in [0.05, 0.1) is 22.8 Å². The standard InChI is InChI=1S/C26H21N3O5/c1-26(32,17-34-22-11-7-18(14-27)8-12-22)25(31)29-21-10-9-20(15-28)23(13-21)24(30)33-16-19-5-3-2-4-6-19/h2-13,32H,16-17H2,1H3,(H,29,31)/t26-/m0/s1. The summed E-state index contributed by atoms with van der Waals surface area (Å²) in [6.45, 7) is 0.959. The molecule has 1 amide bonds. The summed E-state index contributed by atoms with van der Waals surface area (Å²) in [5.41, 5.74) is -0.380. The van der Waals surface area contributed by atoms with Crippen molar-refractivity contribution in [3.8, 4) is 17.9 Å². The zero-order valence-corrected chi connectivity index (χ0v) is 18.3. The van der Waals surface area contributed by atoms with Crippen molar-refractivity contribution in [2.45, 2.75) is 19.1 Å². The smallest absolute Gasteiger partial charge is 0.339 e. The van der Waals surface area contributed by atoms with Gasteiger partial charge in [-0.3, -0.25) is 4.79 Å². The molecule has 0 saturated carbocycles. The highest BCUT2D eigenvalue weighted by Gasteiger charge is 2.32. The number of rotatable bonds is 8. The number of aliphatic hydroxyl groups is 1. The third-order valence-corrected chi connectivity index (χ3v) is 4.82. The summed E-state index contributed by atoms with van der Waals surface area (Å²) in [6.07, 6.45) is 0. The highest BCUT2D eigenvalue weighted by Crippen LogP contribution is 2.20. The van der Waals surface area contributed by atoms with Crippen molar-refractivity contribution in [1.29, 1.82) is 10.5 Å². The fourth-order valence-corrected chi connectivity index (χ4v) is 2.87. The third-order valence-electron chi connectivity index (χ3n) is 4.82. The van der Waals surface area contributed by atoms with E-state index in [2.05, 4.69) is 5.32 Å². The van der Waals surface area contributed by atoms with Crippen LogP contribution in [0.2, 0.25) is 0 Å². The van der Waals surface area contributed by atoms with Gasteiger partial charge in [-0.2, -0.15) is 10.5 Å². The number of nitrogens with zero attached hydrogens (tertiary/aromatic N) is 2. The van der Waals surface area contributed by atoms with E-state index in [9.17, 15) is 20.0 Å². The van der Waals surface area contributed by atoms with Gasteiger partial charge in [-0.25, -0.2) is 4.79 Å². The Hall–Kier alpha value is -4.66. The Balaban J connectivity index is 1.66. The van der Waals surface area contributed by atoms with Crippen LogP contribution in [-0.4, -0.2) is 29.2 Å². The average Bonchev–Trinajstić information content (AvgIpc) is 2.87. The van der Waals surface area contributed by atoms with Gasteiger partial charge in [0.15, 0.2) is 5.60 Å². The molecule has 3 aromatic carbocycles. The van der Waals surface area contributed by atoms with Crippen LogP contribution in [0.25, 0.3) is 0 Å². The number of hydrogen-bond donors (Lipinski definition) is 2. The Morgan fingerprint density at radius 2 is 1.71 bits per heavy atom. The zero-order valence-electron chi connectivity index (χ0n) is 18.3. The van der Waals surface area contributed by atoms with Crippen molar-refractivity contribution in [2.75, 3.05) is 11.9 Å². The predicted molar refractivity (Wildman–Crippen MR) is 123 cm³/mol. The number of esters is 1. The number of carbonyl (C=O) groups excluding carboxylic acids is 2. The van der Waals surface area contributed by atoms with Gasteiger partial charge in [0.2, 0.25) is 0 Å². The minimum Gasteiger partial charge on any atom is -0.490 e. The van der Waals surface area contributed by atoms with Crippen molar-refractivity contribution >= 4 is 17.6 Å². The first-order valence-electron chi connectivity index (χ1n) is 10.2. The Morgan fingerprint density at radius 1 is 1.00 bits per heavy atom. The van der Waals surface area contributed by atoms with Gasteiger partial charge < -0.3 is 19.9 Å². The first-order chi connectivity index (χ1) is 16.3. The molecule has 0 bridgehead atoms. The lowest BCUT2D eigenvalue weighted by atomic mass is 10.1. The monoisotopic (exact) mass is 455 g/mol. The third kappa shape index (κ3) is 6.19. The maximum atomic E-state index is 12.6. The topological polar surface area (TPSA) is 132 Å². The van der Waals surface area contributed by atoms with Crippen molar-refractivity contribution in [3.63, 3.8) is 0 Å². The Morgan fingerprint density at radius 3 is 2.35 bits per heavy atom. The molecular formula is C26H21N3O5. The molecule has 0 aromatic heterocycles. The van der Waals surface area contributed by atoms with Crippen molar-refractivity contribution in [3.05, 3.63) is 95.1 Å². The van der Waals surface area contributed by atoms with Crippen LogP contribution < -0.4 is 10.1 Å². The lowest BCUT2D eigenvalue weighted by Gasteiger charge is -2.22. The highest BCUT2D eigenvalue weighted by atomic mass is 16.5. The van der Waals surface area contributed by atoms with E-state index >= 15 is 0 Å². The summed E-state index contributed by atoms with van der Waals surface area (Å²) in [5, 5.41) is 31.3. The van der Waals surface area contributed by atoms with Crippen LogP contribution in [0.4, 0.5) is 5.69 Å². The molecule has 0 spiro atoms. The normalized spacial score (nSPS) is 11.9. The number of nitriles is 2. The molecule has 0 radical (unpaired) electrons. The van der Waals surface area contributed by atoms with Crippen LogP contribution in [0.1, 0.15) is 34.0 Å². The van der Waals surface area contributed by atoms with E-state index in [0.717, 1.165) is 5.56 Å². The van der Waals surface area contributed by atoms with Gasteiger partial charge in [-0.15, -0.1) is 0 Å². The fourth-order valence-electron chi connectivity index (χ4n) is 2.87. The van der Waals surface area contributed by atoms with Crippen LogP contribution >= 0.6 is 0 Å². The Bertz CT molecular complexity index is 1260. The maximum absolute atomic E-state index is 12.6. The van der Waals surface area contributed by atoms with Gasteiger partial charge in [0, 0.05) is 5.69 Å². The van der Waals surface area contributed by atoms with E-state index < -0.39 is 17.5 Å². The summed E-state index contributed by atoms with van der Waals surface area (Å²) in [4.78, 5) is 25.2. The number of ether oxygens (including phenoxy) is 2. The molecule has 8 nitrogen and oxygen atoms in total. The molecule has 0 saturated heterocycles. The molecule has 0 aliphatic heterocycles. The molecule has 0 aliphatic carbocycles. The number of benzene rings is 3. The van der Waals surface area contributed by atoms with Crippen LogP contribution in [0.3, 0.4) is 0 Å². The fraction of sp³-hybridized carbons (Fsp3) is 0.154. The minimum atomic E-state index is -1.91. The quantitative estimate of drug-likeness (QED) is 0.496. The molecule has 1 atom stereocenters. The van der Waals surface area contributed by atoms with Crippen molar-refractivity contribution in [1.82, 2.24) is 0 Å². The Kier molecular flexibility index (Phi) is 7.60. The van der Waals surface area contributed by atoms with Gasteiger partial charge in [0.25, 0.3) is 5.91 Å². The molecule has 34 heavy (non-hydrogen) atoms. The van der Waals surface area contributed by atoms with Crippen molar-refractivity contribution < 1.29 is 24.2 Å². The Labute approximate surface area is 196 Å². The summed E-state index contributed by atoms with van der Waals surface area (Å²) in [5.74, 6) is -1.10. The average molecular weight is 455 g/mol. The summed E-state index contributed by atoms with van der Waals surface area (Å²) in [7, 11) is 0. The summed E-state index contributed by atoms with van der Waals surface area (Å²) < 4.78 is 10.8. The van der Waals surface area contributed by atoms with Gasteiger partial charge in [-0.1, -0.05) is 30.3 Å². The molecule has 0 aliphatic rings. The van der Waals surface area contributed by atoms with Crippen LogP contribution in [0.5, 0.6) is 5.75 Å². The predicted octanol–water partition coefficient (Wildman–Crippen LogP) is 3.56. The molecule has 0 fully saturated rings. The molecule has 0 unspecified atom stereocenters. The lowest BCUT2D eigenvalue weighted by Crippen LogP contribution is -2.45. The summed E-state index contributed by atoms with van der Waals surface area (Å²) in [6, 6.07) is 23.4. The van der Waals surface area contributed by atoms with Gasteiger partial charge in [0.1, 0.15) is 25.0 Å². The number of anilines is 1. The second-order valence-electron chi connectivity index (χ2n) is 7.59. The van der Waals surface area contributed by atoms with E-state index in [1.165, 1.54) is 25.1 Å². The second-order valence-corrected chi connectivity index (χ2v) is 7.59. The SMILES string of the molecule is C[C@](O)(COc1ccc(C#N)cc1)C(=O)Nc1ccc(C#N)c(C(=O)OCc2ccccc2)c1. The maximum Gasteiger partial charge on any atom is 0.339 e. The first kappa shape index (κ1) is 24.0. The van der Waals surface area contributed by atoms with Crippen molar-refractivity contribution in [2.24, 2.45) is 0 Å². The van der Waals surface area contributed by atoms with E-state index in [1.807, 2.05) is 30.3 Å². The molecule has 3 aromatic rings. The highest BCUT2D eigenvalue weighted by molar-refractivity contribution is 5.99. The zero-order chi connectivity index (χ0) is 24.6. The molecule has 3 rings (SSSR count). The molecule has 8 heteroatoms. The van der Waals surface area contributed by atoms with E-state index in [4.69, 9.17) is 14.7 Å². The lowest BCUT2D eigenvalue weighted by molar-refractivity contribution is -0.135. The molecule has 0 heterocycles. The minimum absolute atomic E-state index is 0.00953. The van der Waals surface area contributed by atoms with Crippen LogP contribution in [0, 0.1) is 22.7 Å². The number of hydrogen-bond acceptors (Lipinski definition) is 7. The van der Waals surface area contributed by atoms with Crippen LogP contribution in [0.15, 0.2) is 72.8 Å².